The zero-order valence-electron chi connectivity index (χ0n) is 15.0. The van der Waals surface area contributed by atoms with Crippen LogP contribution in [0.15, 0.2) is 54.6 Å². The minimum absolute atomic E-state index is 0.00456. The van der Waals surface area contributed by atoms with Crippen LogP contribution in [0.2, 0.25) is 0 Å². The first-order valence-corrected chi connectivity index (χ1v) is 9.37. The summed E-state index contributed by atoms with van der Waals surface area (Å²) in [5.41, 5.74) is 3.56. The van der Waals surface area contributed by atoms with Crippen LogP contribution in [0.5, 0.6) is 5.75 Å². The lowest BCUT2D eigenvalue weighted by molar-refractivity contribution is -0.123. The zero-order chi connectivity index (χ0) is 18.4. The van der Waals surface area contributed by atoms with E-state index in [4.69, 9.17) is 4.74 Å². The number of amides is 1. The van der Waals surface area contributed by atoms with Crippen LogP contribution in [0.4, 0.5) is 0 Å². The monoisotopic (exact) mass is 366 g/mol. The molecule has 0 aliphatic carbocycles. The molecule has 1 N–H and O–H groups in total. The number of benzene rings is 2. The second-order valence-corrected chi connectivity index (χ2v) is 7.33. The van der Waals surface area contributed by atoms with Gasteiger partial charge in [0.15, 0.2) is 6.61 Å². The Morgan fingerprint density at radius 1 is 1.08 bits per heavy atom. The molecule has 0 spiro atoms. The van der Waals surface area contributed by atoms with Gasteiger partial charge in [-0.15, -0.1) is 11.3 Å². The zero-order valence-corrected chi connectivity index (χ0v) is 15.8. The van der Waals surface area contributed by atoms with Crippen LogP contribution in [-0.4, -0.2) is 17.5 Å². The van der Waals surface area contributed by atoms with Gasteiger partial charge in [0.2, 0.25) is 0 Å². The molecule has 0 aliphatic rings. The van der Waals surface area contributed by atoms with Crippen LogP contribution in [-0.2, 0) is 17.8 Å². The SMILES string of the molecule is Cc1ccc(Cc2sc(CNC(=O)COc3ccccc3)nc2C)cc1. The van der Waals surface area contributed by atoms with Gasteiger partial charge in [-0.3, -0.25) is 4.79 Å². The molecular weight excluding hydrogens is 344 g/mol. The molecule has 0 unspecified atom stereocenters. The number of nitrogens with zero attached hydrogens (tertiary/aromatic N) is 1. The van der Waals surface area contributed by atoms with E-state index in [1.807, 2.05) is 37.3 Å². The number of hydrogen-bond acceptors (Lipinski definition) is 4. The van der Waals surface area contributed by atoms with Crippen molar-refractivity contribution in [3.8, 4) is 5.75 Å². The van der Waals surface area contributed by atoms with Gasteiger partial charge in [0.05, 0.1) is 12.2 Å². The summed E-state index contributed by atoms with van der Waals surface area (Å²) in [6, 6.07) is 17.9. The maximum atomic E-state index is 11.9. The summed E-state index contributed by atoms with van der Waals surface area (Å²) in [6.07, 6.45) is 0.870. The highest BCUT2D eigenvalue weighted by molar-refractivity contribution is 7.11. The first-order chi connectivity index (χ1) is 12.6. The van der Waals surface area contributed by atoms with E-state index in [9.17, 15) is 4.79 Å². The van der Waals surface area contributed by atoms with Crippen molar-refractivity contribution in [3.05, 3.63) is 81.3 Å². The fourth-order valence-electron chi connectivity index (χ4n) is 2.51. The van der Waals surface area contributed by atoms with Gasteiger partial charge in [0, 0.05) is 11.3 Å². The molecule has 0 bridgehead atoms. The Kier molecular flexibility index (Phi) is 6.02. The summed E-state index contributed by atoms with van der Waals surface area (Å²) in [4.78, 5) is 17.8. The molecule has 1 amide bonds. The molecule has 3 rings (SSSR count). The third-order valence-electron chi connectivity index (χ3n) is 3.97. The third kappa shape index (κ3) is 5.17. The molecule has 0 fully saturated rings. The maximum absolute atomic E-state index is 11.9. The highest BCUT2D eigenvalue weighted by atomic mass is 32.1. The Morgan fingerprint density at radius 3 is 2.54 bits per heavy atom. The summed E-state index contributed by atoms with van der Waals surface area (Å²) in [5, 5.41) is 3.78. The highest BCUT2D eigenvalue weighted by Crippen LogP contribution is 2.22. The van der Waals surface area contributed by atoms with Crippen LogP contribution in [0.1, 0.15) is 26.7 Å². The Bertz CT molecular complexity index is 857. The average molecular weight is 366 g/mol. The molecule has 5 heteroatoms. The minimum Gasteiger partial charge on any atom is -0.484 e. The Morgan fingerprint density at radius 2 is 1.81 bits per heavy atom. The van der Waals surface area contributed by atoms with E-state index in [0.29, 0.717) is 12.3 Å². The van der Waals surface area contributed by atoms with E-state index >= 15 is 0 Å². The summed E-state index contributed by atoms with van der Waals surface area (Å²) in [5.74, 6) is 0.537. The highest BCUT2D eigenvalue weighted by Gasteiger charge is 2.10. The van der Waals surface area contributed by atoms with E-state index in [-0.39, 0.29) is 12.5 Å². The normalized spacial score (nSPS) is 10.5. The lowest BCUT2D eigenvalue weighted by atomic mass is 10.1. The molecule has 134 valence electrons. The van der Waals surface area contributed by atoms with Gasteiger partial charge in [-0.2, -0.15) is 0 Å². The second-order valence-electron chi connectivity index (χ2n) is 6.16. The molecule has 0 saturated carbocycles. The van der Waals surface area contributed by atoms with Gasteiger partial charge in [-0.05, 0) is 31.5 Å². The lowest BCUT2D eigenvalue weighted by Gasteiger charge is -2.06. The fraction of sp³-hybridized carbons (Fsp3) is 0.238. The van der Waals surface area contributed by atoms with Crippen molar-refractivity contribution >= 4 is 17.2 Å². The van der Waals surface area contributed by atoms with Crippen molar-refractivity contribution < 1.29 is 9.53 Å². The second kappa shape index (κ2) is 8.63. The fourth-order valence-corrected chi connectivity index (χ4v) is 3.55. The number of hydrogen-bond donors (Lipinski definition) is 1. The Labute approximate surface area is 157 Å². The van der Waals surface area contributed by atoms with Crippen LogP contribution >= 0.6 is 11.3 Å². The predicted molar refractivity (Wildman–Crippen MR) is 105 cm³/mol. The number of carbonyl (C=O) groups is 1. The van der Waals surface area contributed by atoms with Crippen LogP contribution in [0, 0.1) is 13.8 Å². The standard InChI is InChI=1S/C21H22N2O2S/c1-15-8-10-17(11-9-15)12-19-16(2)23-21(26-19)13-22-20(24)14-25-18-6-4-3-5-7-18/h3-11H,12-14H2,1-2H3,(H,22,24). The van der Waals surface area contributed by atoms with Gasteiger partial charge in [-0.25, -0.2) is 4.98 Å². The number of rotatable bonds is 7. The first kappa shape index (κ1) is 18.1. The maximum Gasteiger partial charge on any atom is 0.258 e. The van der Waals surface area contributed by atoms with Crippen molar-refractivity contribution in [3.63, 3.8) is 0 Å². The molecule has 1 aromatic heterocycles. The van der Waals surface area contributed by atoms with Crippen LogP contribution in [0.3, 0.4) is 0 Å². The average Bonchev–Trinajstić information content (AvgIpc) is 3.00. The van der Waals surface area contributed by atoms with Crippen molar-refractivity contribution in [2.24, 2.45) is 0 Å². The Balaban J connectivity index is 1.50. The molecule has 2 aromatic carbocycles. The largest absolute Gasteiger partial charge is 0.484 e. The number of ether oxygens (including phenoxy) is 1. The summed E-state index contributed by atoms with van der Waals surface area (Å²) >= 11 is 1.65. The molecule has 1 heterocycles. The summed E-state index contributed by atoms with van der Waals surface area (Å²) in [6.45, 7) is 4.54. The van der Waals surface area contributed by atoms with Gasteiger partial charge in [0.25, 0.3) is 5.91 Å². The molecule has 0 atom stereocenters. The van der Waals surface area contributed by atoms with Gasteiger partial charge < -0.3 is 10.1 Å². The topological polar surface area (TPSA) is 51.2 Å². The smallest absolute Gasteiger partial charge is 0.258 e. The summed E-state index contributed by atoms with van der Waals surface area (Å²) < 4.78 is 5.44. The van der Waals surface area contributed by atoms with Gasteiger partial charge >= 0.3 is 0 Å². The molecule has 0 saturated heterocycles. The number of carbonyl (C=O) groups excluding carboxylic acids is 1. The number of thiazole rings is 1. The minimum atomic E-state index is -0.151. The summed E-state index contributed by atoms with van der Waals surface area (Å²) in [7, 11) is 0. The van der Waals surface area contributed by atoms with Crippen molar-refractivity contribution in [2.45, 2.75) is 26.8 Å². The van der Waals surface area contributed by atoms with Crippen molar-refractivity contribution in [2.75, 3.05) is 6.61 Å². The number of para-hydroxylation sites is 1. The van der Waals surface area contributed by atoms with Gasteiger partial charge in [0.1, 0.15) is 10.8 Å². The molecule has 26 heavy (non-hydrogen) atoms. The van der Waals surface area contributed by atoms with E-state index in [2.05, 4.69) is 41.5 Å². The molecule has 3 aromatic rings. The van der Waals surface area contributed by atoms with E-state index in [1.54, 1.807) is 11.3 Å². The number of nitrogens with one attached hydrogen (secondary N) is 1. The molecular formula is C21H22N2O2S. The number of aromatic nitrogens is 1. The third-order valence-corrected chi connectivity index (χ3v) is 5.13. The first-order valence-electron chi connectivity index (χ1n) is 8.55. The molecule has 0 radical (unpaired) electrons. The van der Waals surface area contributed by atoms with Crippen LogP contribution in [0.25, 0.3) is 0 Å². The lowest BCUT2D eigenvalue weighted by Crippen LogP contribution is -2.28. The molecule has 4 nitrogen and oxygen atoms in total. The predicted octanol–water partition coefficient (Wildman–Crippen LogP) is 4.05. The van der Waals surface area contributed by atoms with E-state index in [1.165, 1.54) is 16.0 Å². The molecule has 0 aliphatic heterocycles. The quantitative estimate of drug-likeness (QED) is 0.686. The van der Waals surface area contributed by atoms with Crippen molar-refractivity contribution in [1.82, 2.24) is 10.3 Å². The van der Waals surface area contributed by atoms with Crippen molar-refractivity contribution in [1.29, 1.82) is 0 Å². The van der Waals surface area contributed by atoms with Crippen LogP contribution < -0.4 is 10.1 Å². The van der Waals surface area contributed by atoms with Gasteiger partial charge in [-0.1, -0.05) is 48.0 Å². The number of aryl methyl sites for hydroxylation is 2. The van der Waals surface area contributed by atoms with E-state index in [0.717, 1.165) is 17.1 Å². The van der Waals surface area contributed by atoms with E-state index < -0.39 is 0 Å². The Hall–Kier alpha value is -2.66.